The number of anilines is 1. The van der Waals surface area contributed by atoms with Gasteiger partial charge < -0.3 is 29.9 Å². The minimum absolute atomic E-state index is 0.0148. The van der Waals surface area contributed by atoms with E-state index in [-0.39, 0.29) is 34.1 Å². The third-order valence-corrected chi connectivity index (χ3v) is 17.3. The number of nitrogens with zero attached hydrogens (tertiary/aromatic N) is 3. The molecule has 4 aromatic carbocycles. The number of aromatic nitrogens is 4. The normalized spacial score (nSPS) is 16.6. The van der Waals surface area contributed by atoms with Crippen LogP contribution in [0.5, 0.6) is 5.75 Å². The molecule has 1 atom stereocenters. The fraction of sp³-hybridized carbons (Fsp3) is 0.451. The number of nitrogens with one attached hydrogen (secondary N) is 4. The molecule has 12 nitrogen and oxygen atoms in total. The summed E-state index contributed by atoms with van der Waals surface area (Å²) < 4.78 is 14.9. The van der Waals surface area contributed by atoms with Crippen molar-refractivity contribution in [3.05, 3.63) is 118 Å². The molecule has 64 heavy (non-hydrogen) atoms. The molecule has 0 bridgehead atoms. The molecule has 2 heterocycles. The number of aromatic hydroxyl groups is 1. The van der Waals surface area contributed by atoms with Crippen LogP contribution in [0.4, 0.5) is 10.5 Å². The number of hydrogen-bond acceptors (Lipinski definition) is 9. The van der Waals surface area contributed by atoms with Gasteiger partial charge in [-0.15, -0.1) is 5.10 Å². The number of rotatable bonds is 16. The SMILES string of the molecule is CC(C)(C)NC1CCC(OC(=O)Nc2cc(CCCCn3nnc4cc(CNC[C@H](O[Si](C)(C)C(C)(C)C)c5ccc(O)c6[nH]c(=O)ccc56)ccc43)ccc2-c2ccccc2)CC1. The molecule has 0 spiro atoms. The van der Waals surface area contributed by atoms with Crippen molar-refractivity contribution in [2.24, 2.45) is 0 Å². The molecule has 7 rings (SSSR count). The number of aromatic amines is 1. The number of carbonyl (C=O) groups is 1. The van der Waals surface area contributed by atoms with Gasteiger partial charge in [0.2, 0.25) is 5.56 Å². The number of hydrogen-bond donors (Lipinski definition) is 5. The van der Waals surface area contributed by atoms with Crippen LogP contribution in [0.2, 0.25) is 18.1 Å². The zero-order valence-electron chi connectivity index (χ0n) is 38.9. The Morgan fingerprint density at radius 2 is 1.66 bits per heavy atom. The fourth-order valence-electron chi connectivity index (χ4n) is 8.47. The van der Waals surface area contributed by atoms with E-state index in [4.69, 9.17) is 9.16 Å². The molecule has 1 aliphatic carbocycles. The average molecular weight is 886 g/mol. The van der Waals surface area contributed by atoms with Crippen molar-refractivity contribution in [1.82, 2.24) is 30.6 Å². The number of carbonyl (C=O) groups excluding carboxylic acids is 1. The van der Waals surface area contributed by atoms with Crippen LogP contribution in [0.3, 0.4) is 0 Å². The number of unbranched alkanes of at least 4 members (excludes halogenated alkanes) is 1. The van der Waals surface area contributed by atoms with Crippen LogP contribution in [0.15, 0.2) is 95.8 Å². The van der Waals surface area contributed by atoms with Crippen molar-refractivity contribution in [3.63, 3.8) is 0 Å². The van der Waals surface area contributed by atoms with Gasteiger partial charge >= 0.3 is 6.09 Å². The predicted octanol–water partition coefficient (Wildman–Crippen LogP) is 10.8. The lowest BCUT2D eigenvalue weighted by molar-refractivity contribution is 0.0762. The molecule has 1 fully saturated rings. The highest BCUT2D eigenvalue weighted by molar-refractivity contribution is 6.74. The quantitative estimate of drug-likeness (QED) is 0.0472. The van der Waals surface area contributed by atoms with Crippen LogP contribution < -0.4 is 21.5 Å². The van der Waals surface area contributed by atoms with E-state index in [0.717, 1.165) is 101 Å². The first kappa shape index (κ1) is 46.6. The van der Waals surface area contributed by atoms with Gasteiger partial charge in [0.05, 0.1) is 22.8 Å². The van der Waals surface area contributed by atoms with E-state index in [1.807, 2.05) is 28.9 Å². The van der Waals surface area contributed by atoms with Crippen molar-refractivity contribution in [3.8, 4) is 16.9 Å². The highest BCUT2D eigenvalue weighted by Gasteiger charge is 2.40. The number of ether oxygens (including phenoxy) is 1. The van der Waals surface area contributed by atoms with Gasteiger partial charge in [0, 0.05) is 48.2 Å². The Morgan fingerprint density at radius 3 is 2.39 bits per heavy atom. The second-order valence-electron chi connectivity index (χ2n) is 20.0. The molecule has 0 unspecified atom stereocenters. The Balaban J connectivity index is 0.951. The second-order valence-corrected chi connectivity index (χ2v) is 24.8. The molecule has 6 aromatic rings. The summed E-state index contributed by atoms with van der Waals surface area (Å²) in [5.74, 6) is 0.0327. The van der Waals surface area contributed by atoms with Crippen molar-refractivity contribution in [2.45, 2.75) is 141 Å². The Bertz CT molecular complexity index is 2590. The first-order valence-electron chi connectivity index (χ1n) is 22.9. The summed E-state index contributed by atoms with van der Waals surface area (Å²) in [7, 11) is -2.21. The van der Waals surface area contributed by atoms with Crippen LogP contribution in [-0.4, -0.2) is 63.7 Å². The molecule has 0 saturated heterocycles. The van der Waals surface area contributed by atoms with Gasteiger partial charge in [0.15, 0.2) is 8.32 Å². The van der Waals surface area contributed by atoms with Crippen LogP contribution >= 0.6 is 0 Å². The lowest BCUT2D eigenvalue weighted by Gasteiger charge is -2.39. The zero-order chi connectivity index (χ0) is 45.6. The van der Waals surface area contributed by atoms with E-state index in [1.165, 1.54) is 6.07 Å². The molecule has 340 valence electrons. The van der Waals surface area contributed by atoms with Crippen LogP contribution in [0.25, 0.3) is 33.1 Å². The molecule has 1 amide bonds. The lowest BCUT2D eigenvalue weighted by atomic mass is 9.91. The molecule has 5 N–H and O–H groups in total. The molecule has 1 aliphatic rings. The van der Waals surface area contributed by atoms with Crippen LogP contribution in [0.1, 0.15) is 103 Å². The standard InChI is InChI=1S/C51H67N7O5Si/c1-50(2,3)55-37-19-21-38(22-20-37)62-49(61)53-42-30-34(17-23-39(42)36-15-10-9-11-16-36)14-12-13-29-58-44-26-18-35(31-43(44)56-57-58)32-52-33-46(63-64(7,8)51(4,5)6)40-24-27-45(59)48-41(40)25-28-47(60)54-48/h9-11,15-18,23-28,30-31,37-38,46,52,55,59H,12-14,19-22,29,32-33H2,1-8H3,(H,53,61)(H,54,60)/t37?,38?,46-/m0/s1. The summed E-state index contributed by atoms with van der Waals surface area (Å²) in [5, 5.41) is 30.8. The average Bonchev–Trinajstić information content (AvgIpc) is 3.64. The summed E-state index contributed by atoms with van der Waals surface area (Å²) in [6, 6.07) is 30.0. The maximum Gasteiger partial charge on any atom is 0.411 e. The minimum Gasteiger partial charge on any atom is -0.506 e. The number of phenols is 1. The topological polar surface area (TPSA) is 155 Å². The monoisotopic (exact) mass is 885 g/mol. The van der Waals surface area contributed by atoms with E-state index in [1.54, 1.807) is 12.1 Å². The summed E-state index contributed by atoms with van der Waals surface area (Å²) in [5.41, 5.74) is 7.96. The highest BCUT2D eigenvalue weighted by Crippen LogP contribution is 2.41. The molecule has 0 radical (unpaired) electrons. The van der Waals surface area contributed by atoms with Crippen molar-refractivity contribution < 1.29 is 19.1 Å². The van der Waals surface area contributed by atoms with Crippen molar-refractivity contribution in [2.75, 3.05) is 11.9 Å². The first-order chi connectivity index (χ1) is 30.4. The number of H-pyrrole nitrogens is 1. The van der Waals surface area contributed by atoms with E-state index >= 15 is 0 Å². The Labute approximate surface area is 378 Å². The number of fused-ring (bicyclic) bond motifs is 2. The van der Waals surface area contributed by atoms with E-state index in [9.17, 15) is 14.7 Å². The third kappa shape index (κ3) is 11.9. The largest absolute Gasteiger partial charge is 0.506 e. The van der Waals surface area contributed by atoms with Gasteiger partial charge in [-0.2, -0.15) is 0 Å². The molecular weight excluding hydrogens is 819 g/mol. The van der Waals surface area contributed by atoms with Gasteiger partial charge in [-0.05, 0) is 136 Å². The van der Waals surface area contributed by atoms with E-state index < -0.39 is 14.4 Å². The predicted molar refractivity (Wildman–Crippen MR) is 260 cm³/mol. The van der Waals surface area contributed by atoms with E-state index in [2.05, 4.69) is 134 Å². The third-order valence-electron chi connectivity index (χ3n) is 12.8. The minimum atomic E-state index is -2.21. The van der Waals surface area contributed by atoms with Crippen molar-refractivity contribution >= 4 is 42.0 Å². The Hall–Kier alpha value is -5.34. The number of amides is 1. The smallest absolute Gasteiger partial charge is 0.411 e. The van der Waals surface area contributed by atoms with Crippen molar-refractivity contribution in [1.29, 1.82) is 0 Å². The maximum atomic E-state index is 13.3. The van der Waals surface area contributed by atoms with Crippen LogP contribution in [0, 0.1) is 0 Å². The Morgan fingerprint density at radius 1 is 0.906 bits per heavy atom. The highest BCUT2D eigenvalue weighted by atomic mass is 28.4. The number of benzene rings is 4. The lowest BCUT2D eigenvalue weighted by Crippen LogP contribution is -2.46. The summed E-state index contributed by atoms with van der Waals surface area (Å²) >= 11 is 0. The number of pyridine rings is 1. The van der Waals surface area contributed by atoms with Gasteiger partial charge in [-0.1, -0.05) is 80.6 Å². The number of phenolic OH excluding ortho intramolecular Hbond substituents is 1. The molecule has 1 saturated carbocycles. The maximum absolute atomic E-state index is 13.3. The van der Waals surface area contributed by atoms with Gasteiger partial charge in [-0.25, -0.2) is 9.48 Å². The number of aryl methyl sites for hydroxylation is 2. The summed E-state index contributed by atoms with van der Waals surface area (Å²) in [6.07, 6.45) is 5.60. The second kappa shape index (κ2) is 19.8. The van der Waals surface area contributed by atoms with Gasteiger partial charge in [-0.3, -0.25) is 10.1 Å². The van der Waals surface area contributed by atoms with E-state index in [0.29, 0.717) is 24.6 Å². The first-order valence-corrected chi connectivity index (χ1v) is 25.8. The summed E-state index contributed by atoms with van der Waals surface area (Å²) in [6.45, 7) is 19.6. The van der Waals surface area contributed by atoms with Gasteiger partial charge in [0.1, 0.15) is 17.4 Å². The zero-order valence-corrected chi connectivity index (χ0v) is 39.9. The van der Waals surface area contributed by atoms with Crippen LogP contribution in [-0.2, 0) is 28.7 Å². The molecule has 13 heteroatoms. The molecular formula is C51H67N7O5Si. The molecule has 0 aliphatic heterocycles. The van der Waals surface area contributed by atoms with Gasteiger partial charge in [0.25, 0.3) is 0 Å². The fourth-order valence-corrected chi connectivity index (χ4v) is 9.74. The molecule has 2 aromatic heterocycles. The Kier molecular flexibility index (Phi) is 14.4. The summed E-state index contributed by atoms with van der Waals surface area (Å²) in [4.78, 5) is 28.2.